The molecule has 0 saturated heterocycles. The van der Waals surface area contributed by atoms with Gasteiger partial charge in [-0.15, -0.1) is 0 Å². The first kappa shape index (κ1) is 15.1. The Balaban J connectivity index is 1.95. The molecular formula is C15H25BrN2O. The fourth-order valence-corrected chi connectivity index (χ4v) is 3.32. The second-order valence-corrected chi connectivity index (χ2v) is 6.71. The molecule has 0 radical (unpaired) electrons. The van der Waals surface area contributed by atoms with E-state index in [1.165, 1.54) is 32.1 Å². The summed E-state index contributed by atoms with van der Waals surface area (Å²) >= 11 is 3.36. The van der Waals surface area contributed by atoms with Crippen LogP contribution in [0.4, 0.5) is 0 Å². The first-order valence-corrected chi connectivity index (χ1v) is 7.99. The van der Waals surface area contributed by atoms with Gasteiger partial charge in [0.2, 0.25) is 0 Å². The van der Waals surface area contributed by atoms with Crippen molar-refractivity contribution in [1.29, 1.82) is 0 Å². The summed E-state index contributed by atoms with van der Waals surface area (Å²) in [6, 6.07) is 4.24. The van der Waals surface area contributed by atoms with Crippen LogP contribution in [0.2, 0.25) is 0 Å². The smallest absolute Gasteiger partial charge is 0.169 e. The summed E-state index contributed by atoms with van der Waals surface area (Å²) in [4.78, 5) is 2.41. The average Bonchev–Trinajstić information content (AvgIpc) is 2.83. The minimum Gasteiger partial charge on any atom is -0.453 e. The predicted octanol–water partition coefficient (Wildman–Crippen LogP) is 3.96. The number of likely N-dealkylation sites (N-methyl/N-ethyl adjacent to an activating group) is 1. The third kappa shape index (κ3) is 3.61. The molecule has 0 bridgehead atoms. The second kappa shape index (κ2) is 6.42. The van der Waals surface area contributed by atoms with E-state index in [1.54, 1.807) is 0 Å². The Morgan fingerprint density at radius 3 is 2.53 bits per heavy atom. The summed E-state index contributed by atoms with van der Waals surface area (Å²) in [5, 5.41) is 3.65. The first-order chi connectivity index (χ1) is 9.03. The highest BCUT2D eigenvalue weighted by molar-refractivity contribution is 9.10. The van der Waals surface area contributed by atoms with Crippen molar-refractivity contribution < 1.29 is 4.42 Å². The van der Waals surface area contributed by atoms with Gasteiger partial charge in [0.1, 0.15) is 5.76 Å². The van der Waals surface area contributed by atoms with Crippen LogP contribution in [-0.4, -0.2) is 31.1 Å². The molecule has 0 aliphatic heterocycles. The second-order valence-electron chi connectivity index (χ2n) is 5.92. The van der Waals surface area contributed by atoms with Crippen molar-refractivity contribution in [3.8, 4) is 0 Å². The van der Waals surface area contributed by atoms with Crippen LogP contribution in [0.15, 0.2) is 21.2 Å². The molecule has 1 aromatic rings. The zero-order valence-corrected chi connectivity index (χ0v) is 13.8. The zero-order valence-electron chi connectivity index (χ0n) is 12.2. The SMILES string of the molecule is CC(NCC1(N(C)C)CCCCC1)c1ccc(Br)o1. The van der Waals surface area contributed by atoms with Crippen molar-refractivity contribution in [2.45, 2.75) is 50.6 Å². The van der Waals surface area contributed by atoms with Crippen molar-refractivity contribution in [2.75, 3.05) is 20.6 Å². The molecule has 108 valence electrons. The van der Waals surface area contributed by atoms with E-state index in [0.29, 0.717) is 5.54 Å². The Kier molecular flexibility index (Phi) is 5.09. The molecule has 0 aromatic carbocycles. The van der Waals surface area contributed by atoms with Crippen molar-refractivity contribution >= 4 is 15.9 Å². The summed E-state index contributed by atoms with van der Waals surface area (Å²) in [6.07, 6.45) is 6.67. The summed E-state index contributed by atoms with van der Waals surface area (Å²) in [6.45, 7) is 3.19. The standard InChI is InChI=1S/C15H25BrN2O/c1-12(13-7-8-14(16)19-13)17-11-15(18(2)3)9-5-4-6-10-15/h7-8,12,17H,4-6,9-11H2,1-3H3. The van der Waals surface area contributed by atoms with Gasteiger partial charge in [-0.1, -0.05) is 19.3 Å². The fraction of sp³-hybridized carbons (Fsp3) is 0.733. The lowest BCUT2D eigenvalue weighted by Gasteiger charge is -2.43. The summed E-state index contributed by atoms with van der Waals surface area (Å²) in [7, 11) is 4.42. The molecule has 1 N–H and O–H groups in total. The molecule has 3 nitrogen and oxygen atoms in total. The van der Waals surface area contributed by atoms with E-state index in [-0.39, 0.29) is 6.04 Å². The topological polar surface area (TPSA) is 28.4 Å². The average molecular weight is 329 g/mol. The number of nitrogens with zero attached hydrogens (tertiary/aromatic N) is 1. The van der Waals surface area contributed by atoms with Crippen LogP contribution < -0.4 is 5.32 Å². The highest BCUT2D eigenvalue weighted by atomic mass is 79.9. The van der Waals surface area contributed by atoms with E-state index in [1.807, 2.05) is 12.1 Å². The molecule has 0 amide bonds. The highest BCUT2D eigenvalue weighted by Crippen LogP contribution is 2.32. The van der Waals surface area contributed by atoms with E-state index in [4.69, 9.17) is 4.42 Å². The zero-order chi connectivity index (χ0) is 13.9. The highest BCUT2D eigenvalue weighted by Gasteiger charge is 2.34. The maximum atomic E-state index is 5.62. The van der Waals surface area contributed by atoms with Gasteiger partial charge in [-0.2, -0.15) is 0 Å². The molecule has 1 fully saturated rings. The monoisotopic (exact) mass is 328 g/mol. The Morgan fingerprint density at radius 2 is 2.00 bits per heavy atom. The van der Waals surface area contributed by atoms with E-state index in [9.17, 15) is 0 Å². The normalized spacial score (nSPS) is 20.7. The van der Waals surface area contributed by atoms with Crippen LogP contribution in [0.3, 0.4) is 0 Å². The van der Waals surface area contributed by atoms with E-state index in [2.05, 4.69) is 47.2 Å². The van der Waals surface area contributed by atoms with E-state index >= 15 is 0 Å². The van der Waals surface area contributed by atoms with Gasteiger partial charge in [0, 0.05) is 12.1 Å². The van der Waals surface area contributed by atoms with E-state index in [0.717, 1.165) is 17.0 Å². The number of hydrogen-bond donors (Lipinski definition) is 1. The molecule has 4 heteroatoms. The number of hydrogen-bond acceptors (Lipinski definition) is 3. The quantitative estimate of drug-likeness (QED) is 0.886. The van der Waals surface area contributed by atoms with Crippen molar-refractivity contribution in [2.24, 2.45) is 0 Å². The summed E-state index contributed by atoms with van der Waals surface area (Å²) in [5.41, 5.74) is 0.316. The van der Waals surface area contributed by atoms with Crippen molar-refractivity contribution in [3.05, 3.63) is 22.6 Å². The number of furan rings is 1. The van der Waals surface area contributed by atoms with Crippen molar-refractivity contribution in [1.82, 2.24) is 10.2 Å². The van der Waals surface area contributed by atoms with Gasteiger partial charge in [-0.25, -0.2) is 0 Å². The number of rotatable bonds is 5. The van der Waals surface area contributed by atoms with Gasteiger partial charge < -0.3 is 14.6 Å². The van der Waals surface area contributed by atoms with Crippen LogP contribution in [0.25, 0.3) is 0 Å². The van der Waals surface area contributed by atoms with Crippen molar-refractivity contribution in [3.63, 3.8) is 0 Å². The molecule has 2 rings (SSSR count). The molecular weight excluding hydrogens is 304 g/mol. The van der Waals surface area contributed by atoms with Crippen LogP contribution in [0.5, 0.6) is 0 Å². The molecule has 1 aliphatic rings. The van der Waals surface area contributed by atoms with Crippen LogP contribution >= 0.6 is 15.9 Å². The molecule has 1 saturated carbocycles. The van der Waals surface area contributed by atoms with Gasteiger partial charge in [0.15, 0.2) is 4.67 Å². The third-order valence-electron chi connectivity index (χ3n) is 4.49. The summed E-state index contributed by atoms with van der Waals surface area (Å²) < 4.78 is 6.42. The Morgan fingerprint density at radius 1 is 1.32 bits per heavy atom. The number of halogens is 1. The fourth-order valence-electron chi connectivity index (χ4n) is 3.00. The lowest BCUT2D eigenvalue weighted by molar-refractivity contribution is 0.0948. The van der Waals surface area contributed by atoms with Gasteiger partial charge in [-0.3, -0.25) is 0 Å². The number of nitrogens with one attached hydrogen (secondary N) is 1. The lowest BCUT2D eigenvalue weighted by atomic mass is 9.80. The molecule has 1 unspecified atom stereocenters. The van der Waals surface area contributed by atoms with Gasteiger partial charge in [0.05, 0.1) is 6.04 Å². The lowest BCUT2D eigenvalue weighted by Crippen LogP contribution is -2.53. The maximum Gasteiger partial charge on any atom is 0.169 e. The van der Waals surface area contributed by atoms with Crippen LogP contribution in [-0.2, 0) is 0 Å². The van der Waals surface area contributed by atoms with Gasteiger partial charge >= 0.3 is 0 Å². The van der Waals surface area contributed by atoms with Gasteiger partial charge in [0.25, 0.3) is 0 Å². The third-order valence-corrected chi connectivity index (χ3v) is 4.92. The minimum atomic E-state index is 0.255. The summed E-state index contributed by atoms with van der Waals surface area (Å²) in [5.74, 6) is 0.997. The van der Waals surface area contributed by atoms with Crippen LogP contribution in [0.1, 0.15) is 50.8 Å². The van der Waals surface area contributed by atoms with Crippen LogP contribution in [0, 0.1) is 0 Å². The first-order valence-electron chi connectivity index (χ1n) is 7.19. The Bertz CT molecular complexity index is 397. The molecule has 19 heavy (non-hydrogen) atoms. The predicted molar refractivity (Wildman–Crippen MR) is 82.3 cm³/mol. The Labute approximate surface area is 124 Å². The Hall–Kier alpha value is -0.320. The van der Waals surface area contributed by atoms with Gasteiger partial charge in [-0.05, 0) is 61.9 Å². The molecule has 1 atom stereocenters. The molecule has 1 aromatic heterocycles. The minimum absolute atomic E-state index is 0.255. The molecule has 1 heterocycles. The molecule has 0 spiro atoms. The van der Waals surface area contributed by atoms with E-state index < -0.39 is 0 Å². The largest absolute Gasteiger partial charge is 0.453 e. The molecule has 1 aliphatic carbocycles. The maximum absolute atomic E-state index is 5.62.